The van der Waals surface area contributed by atoms with Crippen LogP contribution in [0.5, 0.6) is 11.5 Å². The lowest BCUT2D eigenvalue weighted by Crippen LogP contribution is -2.36. The number of amides is 2. The van der Waals surface area contributed by atoms with E-state index >= 15 is 0 Å². The van der Waals surface area contributed by atoms with Crippen molar-refractivity contribution in [3.63, 3.8) is 0 Å². The Labute approximate surface area is 271 Å². The van der Waals surface area contributed by atoms with E-state index in [-0.39, 0.29) is 52.3 Å². The van der Waals surface area contributed by atoms with Crippen molar-refractivity contribution < 1.29 is 38.1 Å². The monoisotopic (exact) mass is 647 g/mol. The van der Waals surface area contributed by atoms with E-state index in [2.05, 4.69) is 36.4 Å². The molecule has 1 saturated carbocycles. The summed E-state index contributed by atoms with van der Waals surface area (Å²) < 4.78 is 21.9. The van der Waals surface area contributed by atoms with Crippen molar-refractivity contribution >= 4 is 46.9 Å². The van der Waals surface area contributed by atoms with Gasteiger partial charge in [0.05, 0.1) is 22.6 Å². The van der Waals surface area contributed by atoms with E-state index in [1.807, 2.05) is 0 Å². The van der Waals surface area contributed by atoms with Gasteiger partial charge in [0.2, 0.25) is 12.7 Å². The number of carbonyl (C=O) groups is 4. The van der Waals surface area contributed by atoms with Crippen molar-refractivity contribution in [3.05, 3.63) is 71.9 Å². The van der Waals surface area contributed by atoms with Crippen LogP contribution in [0.1, 0.15) is 60.7 Å². The van der Waals surface area contributed by atoms with Crippen molar-refractivity contribution in [2.24, 2.45) is 17.8 Å². The molecule has 1 fully saturated rings. The number of carbonyl (C=O) groups excluding carboxylic acids is 4. The molecule has 0 bridgehead atoms. The van der Waals surface area contributed by atoms with Gasteiger partial charge in [-0.15, -0.1) is 0 Å². The highest BCUT2D eigenvalue weighted by atomic mass is 32.2. The first-order chi connectivity index (χ1) is 22.2. The van der Waals surface area contributed by atoms with Gasteiger partial charge in [0.25, 0.3) is 5.91 Å². The van der Waals surface area contributed by atoms with Crippen LogP contribution >= 0.6 is 11.8 Å². The molecule has 5 rings (SSSR count). The van der Waals surface area contributed by atoms with Crippen LogP contribution in [-0.4, -0.2) is 54.0 Å². The highest BCUT2D eigenvalue weighted by Gasteiger charge is 2.34. The molecule has 3 unspecified atom stereocenters. The summed E-state index contributed by atoms with van der Waals surface area (Å²) in [6.07, 6.45) is 4.22. The molecule has 2 N–H and O–H groups in total. The molecular weight excluding hydrogens is 610 g/mol. The van der Waals surface area contributed by atoms with E-state index in [1.54, 1.807) is 48.5 Å². The fraction of sp³-hybridized carbons (Fsp3) is 0.382. The Kier molecular flexibility index (Phi) is 10.8. The van der Waals surface area contributed by atoms with Crippen LogP contribution in [0, 0.1) is 17.8 Å². The van der Waals surface area contributed by atoms with Gasteiger partial charge in [-0.2, -0.15) is 0 Å². The van der Waals surface area contributed by atoms with Crippen LogP contribution in [0.25, 0.3) is 0 Å². The van der Waals surface area contributed by atoms with Gasteiger partial charge in [0.15, 0.2) is 18.1 Å². The molecule has 0 radical (unpaired) electrons. The van der Waals surface area contributed by atoms with Crippen molar-refractivity contribution in [1.29, 1.82) is 0 Å². The molecule has 0 saturated heterocycles. The van der Waals surface area contributed by atoms with E-state index in [1.165, 1.54) is 12.3 Å². The molecule has 3 atom stereocenters. The van der Waals surface area contributed by atoms with E-state index in [4.69, 9.17) is 18.9 Å². The van der Waals surface area contributed by atoms with Gasteiger partial charge in [-0.25, -0.2) is 14.6 Å². The second-order valence-electron chi connectivity index (χ2n) is 11.7. The molecule has 11 nitrogen and oxygen atoms in total. The number of nitrogens with zero attached hydrogens (tertiary/aromatic N) is 1. The first kappa shape index (κ1) is 32.8. The molecule has 1 aliphatic carbocycles. The molecule has 2 heterocycles. The number of hydrogen-bond donors (Lipinski definition) is 2. The molecule has 2 amide bonds. The first-order valence-corrected chi connectivity index (χ1v) is 16.2. The fourth-order valence-electron chi connectivity index (χ4n) is 5.58. The molecule has 1 aliphatic heterocycles. The van der Waals surface area contributed by atoms with E-state index in [0.717, 1.165) is 31.0 Å². The Bertz CT molecular complexity index is 1600. The number of benzene rings is 2. The largest absolute Gasteiger partial charge is 0.458 e. The number of fused-ring (bicyclic) bond motifs is 1. The summed E-state index contributed by atoms with van der Waals surface area (Å²) in [5.74, 6) is 0.0249. The van der Waals surface area contributed by atoms with Gasteiger partial charge in [-0.1, -0.05) is 51.1 Å². The number of esters is 2. The molecule has 0 spiro atoms. The molecule has 242 valence electrons. The SMILES string of the molecule is CC1CCC(C(C)C)C(OC(=O)c2ccccc2NC(=O)COC(=O)c2cccnc2SCC(=O)Nc2ccc3c(c2)OCO3)C1. The normalized spacial score (nSPS) is 18.5. The molecule has 12 heteroatoms. The van der Waals surface area contributed by atoms with Crippen LogP contribution in [0.2, 0.25) is 0 Å². The quantitative estimate of drug-likeness (QED) is 0.189. The lowest BCUT2D eigenvalue weighted by molar-refractivity contribution is -0.119. The standard InChI is InChI=1S/C34H37N3O8S/c1-20(2)23-12-10-21(3)15-28(23)45-34(41)24-7-4-5-9-26(24)37-30(38)17-42-33(40)25-8-6-14-35-32(25)46-18-31(39)36-22-11-13-27-29(16-22)44-19-43-27/h4-9,11,13-14,16,20-21,23,28H,10,12,15,17-19H2,1-3H3,(H,36,39)(H,37,38). The summed E-state index contributed by atoms with van der Waals surface area (Å²) in [6.45, 7) is 5.98. The third-order valence-corrected chi connectivity index (χ3v) is 8.97. The number of rotatable bonds is 11. The Morgan fingerprint density at radius 1 is 0.935 bits per heavy atom. The fourth-order valence-corrected chi connectivity index (χ4v) is 6.37. The Morgan fingerprint density at radius 3 is 2.54 bits per heavy atom. The van der Waals surface area contributed by atoms with Crippen molar-refractivity contribution in [2.75, 3.05) is 29.8 Å². The second kappa shape index (κ2) is 15.1. The molecule has 46 heavy (non-hydrogen) atoms. The maximum atomic E-state index is 13.2. The van der Waals surface area contributed by atoms with Crippen molar-refractivity contribution in [3.8, 4) is 11.5 Å². The molecule has 2 aliphatic rings. The average Bonchev–Trinajstić information content (AvgIpc) is 3.51. The first-order valence-electron chi connectivity index (χ1n) is 15.2. The predicted molar refractivity (Wildman–Crippen MR) is 172 cm³/mol. The Hall–Kier alpha value is -4.58. The smallest absolute Gasteiger partial charge is 0.341 e. The number of ether oxygens (including phenoxy) is 4. The maximum Gasteiger partial charge on any atom is 0.341 e. The zero-order chi connectivity index (χ0) is 32.6. The van der Waals surface area contributed by atoms with Crippen molar-refractivity contribution in [1.82, 2.24) is 4.98 Å². The summed E-state index contributed by atoms with van der Waals surface area (Å²) in [4.78, 5) is 55.7. The van der Waals surface area contributed by atoms with Crippen molar-refractivity contribution in [2.45, 2.75) is 51.2 Å². The average molecular weight is 648 g/mol. The zero-order valence-corrected chi connectivity index (χ0v) is 26.8. The van der Waals surface area contributed by atoms with E-state index in [9.17, 15) is 19.2 Å². The molecule has 1 aromatic heterocycles. The van der Waals surface area contributed by atoms with Gasteiger partial charge in [0.1, 0.15) is 11.1 Å². The zero-order valence-electron chi connectivity index (χ0n) is 25.9. The third-order valence-electron chi connectivity index (χ3n) is 7.96. The number of para-hydroxylation sites is 1. The number of anilines is 2. The minimum absolute atomic E-state index is 0.0310. The molecule has 3 aromatic rings. The Morgan fingerprint density at radius 2 is 1.72 bits per heavy atom. The van der Waals surface area contributed by atoms with E-state index < -0.39 is 24.5 Å². The highest BCUT2D eigenvalue weighted by molar-refractivity contribution is 8.00. The second-order valence-corrected chi connectivity index (χ2v) is 12.7. The van der Waals surface area contributed by atoms with Crippen LogP contribution in [-0.2, 0) is 19.1 Å². The molecule has 2 aromatic carbocycles. The third kappa shape index (κ3) is 8.36. The number of thioether (sulfide) groups is 1. The number of aromatic nitrogens is 1. The summed E-state index contributed by atoms with van der Waals surface area (Å²) in [7, 11) is 0. The summed E-state index contributed by atoms with van der Waals surface area (Å²) in [5.41, 5.74) is 1.15. The number of pyridine rings is 1. The highest BCUT2D eigenvalue weighted by Crippen LogP contribution is 2.36. The van der Waals surface area contributed by atoms with Gasteiger partial charge < -0.3 is 29.6 Å². The topological polar surface area (TPSA) is 142 Å². The Balaban J connectivity index is 1.14. The van der Waals surface area contributed by atoms with E-state index in [0.29, 0.717) is 29.0 Å². The maximum absolute atomic E-state index is 13.2. The summed E-state index contributed by atoms with van der Waals surface area (Å²) in [5, 5.41) is 5.71. The predicted octanol–water partition coefficient (Wildman–Crippen LogP) is 5.95. The molecular formula is C34H37N3O8S. The number of nitrogens with one attached hydrogen (secondary N) is 2. The van der Waals surface area contributed by atoms with Crippen LogP contribution < -0.4 is 20.1 Å². The van der Waals surface area contributed by atoms with Gasteiger partial charge >= 0.3 is 11.9 Å². The van der Waals surface area contributed by atoms with Crippen LogP contribution in [0.15, 0.2) is 65.8 Å². The number of hydrogen-bond acceptors (Lipinski definition) is 10. The minimum Gasteiger partial charge on any atom is -0.458 e. The van der Waals surface area contributed by atoms with Crippen LogP contribution in [0.4, 0.5) is 11.4 Å². The van der Waals surface area contributed by atoms with Crippen LogP contribution in [0.3, 0.4) is 0 Å². The lowest BCUT2D eigenvalue weighted by Gasteiger charge is -2.36. The minimum atomic E-state index is -0.777. The van der Waals surface area contributed by atoms with Gasteiger partial charge in [0, 0.05) is 18.0 Å². The summed E-state index contributed by atoms with van der Waals surface area (Å²) in [6, 6.07) is 14.7. The summed E-state index contributed by atoms with van der Waals surface area (Å²) >= 11 is 1.05. The van der Waals surface area contributed by atoms with Gasteiger partial charge in [-0.05, 0) is 67.0 Å². The van der Waals surface area contributed by atoms with Gasteiger partial charge in [-0.3, -0.25) is 9.59 Å². The lowest BCUT2D eigenvalue weighted by atomic mass is 9.75.